The molecule has 0 aromatic heterocycles. The Kier molecular flexibility index (Phi) is 3.89. The molecular formula is C12H18N2O3S. The molecular weight excluding hydrogens is 252 g/mol. The molecule has 1 fully saturated rings. The molecule has 1 aliphatic rings. The highest BCUT2D eigenvalue weighted by atomic mass is 32.2. The molecule has 6 heteroatoms. The van der Waals surface area contributed by atoms with Gasteiger partial charge in [0.25, 0.3) is 0 Å². The van der Waals surface area contributed by atoms with Crippen LogP contribution in [0.1, 0.15) is 6.92 Å². The smallest absolute Gasteiger partial charge is 0.243 e. The molecule has 1 aromatic carbocycles. The Hall–Kier alpha value is -1.11. The fourth-order valence-corrected chi connectivity index (χ4v) is 3.54. The Morgan fingerprint density at radius 3 is 2.56 bits per heavy atom. The van der Waals surface area contributed by atoms with Gasteiger partial charge in [0.1, 0.15) is 5.75 Å². The van der Waals surface area contributed by atoms with Crippen molar-refractivity contribution < 1.29 is 13.2 Å². The molecule has 18 heavy (non-hydrogen) atoms. The molecule has 0 saturated carbocycles. The van der Waals surface area contributed by atoms with Crippen molar-refractivity contribution >= 4 is 10.0 Å². The van der Waals surface area contributed by atoms with E-state index in [0.717, 1.165) is 0 Å². The van der Waals surface area contributed by atoms with Crippen LogP contribution < -0.4 is 10.1 Å². The van der Waals surface area contributed by atoms with Crippen LogP contribution in [-0.2, 0) is 10.0 Å². The van der Waals surface area contributed by atoms with Gasteiger partial charge in [0.15, 0.2) is 0 Å². The number of hydrogen-bond donors (Lipinski definition) is 1. The number of benzene rings is 1. The molecule has 0 spiro atoms. The van der Waals surface area contributed by atoms with Gasteiger partial charge >= 0.3 is 0 Å². The number of sulfonamides is 1. The molecule has 1 heterocycles. The monoisotopic (exact) mass is 270 g/mol. The van der Waals surface area contributed by atoms with Gasteiger partial charge in [-0.3, -0.25) is 0 Å². The summed E-state index contributed by atoms with van der Waals surface area (Å²) in [6, 6.07) is 6.69. The van der Waals surface area contributed by atoms with Crippen molar-refractivity contribution in [1.82, 2.24) is 9.62 Å². The van der Waals surface area contributed by atoms with Gasteiger partial charge in [-0.15, -0.1) is 0 Å². The van der Waals surface area contributed by atoms with Crippen LogP contribution in [0.25, 0.3) is 0 Å². The highest BCUT2D eigenvalue weighted by molar-refractivity contribution is 7.89. The molecule has 1 aromatic rings. The lowest BCUT2D eigenvalue weighted by atomic mass is 10.3. The average molecular weight is 270 g/mol. The van der Waals surface area contributed by atoms with E-state index < -0.39 is 10.0 Å². The average Bonchev–Trinajstić information content (AvgIpc) is 2.39. The van der Waals surface area contributed by atoms with Gasteiger partial charge < -0.3 is 10.1 Å². The first-order chi connectivity index (χ1) is 8.54. The molecule has 5 nitrogen and oxygen atoms in total. The number of nitrogens with one attached hydrogen (secondary N) is 1. The zero-order valence-electron chi connectivity index (χ0n) is 10.6. The number of ether oxygens (including phenoxy) is 1. The largest absolute Gasteiger partial charge is 0.497 e. The standard InChI is InChI=1S/C12H18N2O3S/c1-10-9-14(8-7-13-10)18(15,16)12-5-3-11(17-2)4-6-12/h3-6,10,13H,7-9H2,1-2H3. The molecule has 0 bridgehead atoms. The Labute approximate surface area is 108 Å². The van der Waals surface area contributed by atoms with Crippen LogP contribution in [0.15, 0.2) is 29.2 Å². The number of methoxy groups -OCH3 is 1. The second-order valence-corrected chi connectivity index (χ2v) is 6.33. The van der Waals surface area contributed by atoms with E-state index in [1.54, 1.807) is 31.4 Å². The van der Waals surface area contributed by atoms with Gasteiger partial charge in [-0.05, 0) is 31.2 Å². The fourth-order valence-electron chi connectivity index (χ4n) is 2.01. The molecule has 1 atom stereocenters. The lowest BCUT2D eigenvalue weighted by molar-refractivity contribution is 0.310. The summed E-state index contributed by atoms with van der Waals surface area (Å²) in [5.74, 6) is 0.655. The van der Waals surface area contributed by atoms with Crippen molar-refractivity contribution in [3.8, 4) is 5.75 Å². The number of hydrogen-bond acceptors (Lipinski definition) is 4. The maximum Gasteiger partial charge on any atom is 0.243 e. The van der Waals surface area contributed by atoms with Crippen LogP contribution in [0.4, 0.5) is 0 Å². The van der Waals surface area contributed by atoms with Crippen molar-refractivity contribution in [1.29, 1.82) is 0 Å². The van der Waals surface area contributed by atoms with Crippen LogP contribution in [0.5, 0.6) is 5.75 Å². The van der Waals surface area contributed by atoms with E-state index in [1.807, 2.05) is 6.92 Å². The van der Waals surface area contributed by atoms with Gasteiger partial charge in [0.05, 0.1) is 12.0 Å². The Morgan fingerprint density at radius 1 is 1.33 bits per heavy atom. The molecule has 100 valence electrons. The second-order valence-electron chi connectivity index (χ2n) is 4.39. The molecule has 1 unspecified atom stereocenters. The lowest BCUT2D eigenvalue weighted by Crippen LogP contribution is -2.51. The minimum absolute atomic E-state index is 0.187. The number of piperazine rings is 1. The van der Waals surface area contributed by atoms with Crippen molar-refractivity contribution in [3.63, 3.8) is 0 Å². The Bertz CT molecular complexity index is 499. The third-order valence-corrected chi connectivity index (χ3v) is 4.91. The van der Waals surface area contributed by atoms with Crippen LogP contribution >= 0.6 is 0 Å². The molecule has 0 radical (unpaired) electrons. The molecule has 1 aliphatic heterocycles. The summed E-state index contributed by atoms with van der Waals surface area (Å²) in [4.78, 5) is 0.317. The quantitative estimate of drug-likeness (QED) is 0.877. The first kappa shape index (κ1) is 13.3. The molecule has 1 saturated heterocycles. The topological polar surface area (TPSA) is 58.6 Å². The molecule has 0 amide bonds. The minimum Gasteiger partial charge on any atom is -0.497 e. The molecule has 2 rings (SSSR count). The van der Waals surface area contributed by atoms with E-state index in [4.69, 9.17) is 4.74 Å². The van der Waals surface area contributed by atoms with Gasteiger partial charge in [-0.1, -0.05) is 0 Å². The zero-order valence-corrected chi connectivity index (χ0v) is 11.4. The maximum atomic E-state index is 12.4. The van der Waals surface area contributed by atoms with Crippen molar-refractivity contribution in [2.24, 2.45) is 0 Å². The summed E-state index contributed by atoms with van der Waals surface area (Å²) < 4.78 is 31.3. The highest BCUT2D eigenvalue weighted by Gasteiger charge is 2.28. The van der Waals surface area contributed by atoms with Gasteiger partial charge in [0.2, 0.25) is 10.0 Å². The predicted octanol–water partition coefficient (Wildman–Crippen LogP) is 0.678. The van der Waals surface area contributed by atoms with Crippen LogP contribution in [-0.4, -0.2) is 45.5 Å². The first-order valence-corrected chi connectivity index (χ1v) is 7.35. The summed E-state index contributed by atoms with van der Waals surface area (Å²) in [5, 5.41) is 3.23. The molecule has 0 aliphatic carbocycles. The van der Waals surface area contributed by atoms with E-state index >= 15 is 0 Å². The van der Waals surface area contributed by atoms with Crippen molar-refractivity contribution in [2.45, 2.75) is 17.9 Å². The molecule has 1 N–H and O–H groups in total. The second kappa shape index (κ2) is 5.26. The van der Waals surface area contributed by atoms with E-state index in [1.165, 1.54) is 4.31 Å². The third-order valence-electron chi connectivity index (χ3n) is 3.03. The SMILES string of the molecule is COc1ccc(S(=O)(=O)N2CCNC(C)C2)cc1. The van der Waals surface area contributed by atoms with Crippen LogP contribution in [0.3, 0.4) is 0 Å². The number of rotatable bonds is 3. The van der Waals surface area contributed by atoms with E-state index in [-0.39, 0.29) is 6.04 Å². The van der Waals surface area contributed by atoms with Crippen LogP contribution in [0.2, 0.25) is 0 Å². The van der Waals surface area contributed by atoms with Crippen LogP contribution in [0, 0.1) is 0 Å². The zero-order chi connectivity index (χ0) is 13.2. The summed E-state index contributed by atoms with van der Waals surface area (Å²) in [5.41, 5.74) is 0. The predicted molar refractivity (Wildman–Crippen MR) is 69.2 cm³/mol. The summed E-state index contributed by atoms with van der Waals surface area (Å²) >= 11 is 0. The summed E-state index contributed by atoms with van der Waals surface area (Å²) in [7, 11) is -1.83. The summed E-state index contributed by atoms with van der Waals surface area (Å²) in [6.07, 6.45) is 0. The fraction of sp³-hybridized carbons (Fsp3) is 0.500. The van der Waals surface area contributed by atoms with E-state index in [9.17, 15) is 8.42 Å². The van der Waals surface area contributed by atoms with E-state index in [0.29, 0.717) is 30.3 Å². The van der Waals surface area contributed by atoms with Crippen molar-refractivity contribution in [3.05, 3.63) is 24.3 Å². The first-order valence-electron chi connectivity index (χ1n) is 5.91. The van der Waals surface area contributed by atoms with Gasteiger partial charge in [-0.25, -0.2) is 8.42 Å². The maximum absolute atomic E-state index is 12.4. The minimum atomic E-state index is -3.38. The Balaban J connectivity index is 2.23. The lowest BCUT2D eigenvalue weighted by Gasteiger charge is -2.31. The normalized spacial score (nSPS) is 21.8. The highest BCUT2D eigenvalue weighted by Crippen LogP contribution is 2.20. The number of nitrogens with zero attached hydrogens (tertiary/aromatic N) is 1. The van der Waals surface area contributed by atoms with Gasteiger partial charge in [0, 0.05) is 25.7 Å². The van der Waals surface area contributed by atoms with E-state index in [2.05, 4.69) is 5.32 Å². The van der Waals surface area contributed by atoms with Gasteiger partial charge in [-0.2, -0.15) is 4.31 Å². The third kappa shape index (κ3) is 2.66. The summed E-state index contributed by atoms with van der Waals surface area (Å²) in [6.45, 7) is 3.69. The Morgan fingerprint density at radius 2 is 2.00 bits per heavy atom. The van der Waals surface area contributed by atoms with Crippen molar-refractivity contribution in [2.75, 3.05) is 26.7 Å².